The van der Waals surface area contributed by atoms with Gasteiger partial charge in [-0.1, -0.05) is 11.8 Å². The van der Waals surface area contributed by atoms with Crippen LogP contribution in [-0.4, -0.2) is 41.6 Å². The maximum absolute atomic E-state index is 7.11. The van der Waals surface area contributed by atoms with Gasteiger partial charge in [-0.3, -0.25) is 5.41 Å². The topological polar surface area (TPSA) is 49.9 Å². The Morgan fingerprint density at radius 3 is 2.00 bits per heavy atom. The molecule has 3 nitrogen and oxygen atoms in total. The van der Waals surface area contributed by atoms with Crippen LogP contribution in [0.3, 0.4) is 0 Å². The fraction of sp³-hybridized carbons (Fsp3) is 0.889. The van der Waals surface area contributed by atoms with Crippen LogP contribution in [0, 0.1) is 5.41 Å². The van der Waals surface area contributed by atoms with E-state index in [1.807, 2.05) is 0 Å². The smallest absolute Gasteiger partial charge is 0.151 e. The molecule has 13 heavy (non-hydrogen) atoms. The molecular weight excluding hydrogens is 182 g/mol. The maximum Gasteiger partial charge on any atom is 0.151 e. The van der Waals surface area contributed by atoms with E-state index in [0.29, 0.717) is 0 Å². The van der Waals surface area contributed by atoms with Gasteiger partial charge in [0.05, 0.1) is 31.9 Å². The lowest BCUT2D eigenvalue weighted by atomic mass is 10.3. The predicted octanol–water partition coefficient (Wildman–Crippen LogP) is 1.49. The van der Waals surface area contributed by atoms with Gasteiger partial charge in [-0.2, -0.15) is 0 Å². The lowest BCUT2D eigenvalue weighted by Gasteiger charge is -2.35. The van der Waals surface area contributed by atoms with Crippen LogP contribution in [0.5, 0.6) is 0 Å². The monoisotopic (exact) mass is 204 g/mol. The molecule has 0 heterocycles. The standard InChI is InChI=1S/C9H22N3S/c1-4-12(5-2,6-3)7-8-13-9(10)11/h4-8H2,1-3H3,(H3,10,11)/q+1. The number of nitrogens with one attached hydrogen (secondary N) is 1. The van der Waals surface area contributed by atoms with E-state index < -0.39 is 0 Å². The Morgan fingerprint density at radius 1 is 1.23 bits per heavy atom. The number of amidine groups is 1. The maximum atomic E-state index is 7.11. The summed E-state index contributed by atoms with van der Waals surface area (Å²) in [7, 11) is 0. The highest BCUT2D eigenvalue weighted by Gasteiger charge is 2.19. The fourth-order valence-electron chi connectivity index (χ4n) is 1.49. The Kier molecular flexibility index (Phi) is 6.16. The molecule has 0 spiro atoms. The number of hydrogen-bond acceptors (Lipinski definition) is 2. The quantitative estimate of drug-likeness (QED) is 0.391. The van der Waals surface area contributed by atoms with E-state index in [0.717, 1.165) is 16.8 Å². The van der Waals surface area contributed by atoms with Gasteiger partial charge < -0.3 is 10.2 Å². The third-order valence-electron chi connectivity index (χ3n) is 2.84. The molecule has 0 amide bonds. The molecule has 0 aromatic heterocycles. The summed E-state index contributed by atoms with van der Waals surface area (Å²) in [5.74, 6) is 0.963. The third kappa shape index (κ3) is 4.52. The summed E-state index contributed by atoms with van der Waals surface area (Å²) in [6.45, 7) is 11.3. The summed E-state index contributed by atoms with van der Waals surface area (Å²) >= 11 is 1.45. The second-order valence-electron chi connectivity index (χ2n) is 3.23. The van der Waals surface area contributed by atoms with Gasteiger partial charge in [0.1, 0.15) is 0 Å². The molecule has 0 bridgehead atoms. The third-order valence-corrected chi connectivity index (χ3v) is 3.53. The fourth-order valence-corrected chi connectivity index (χ4v) is 2.19. The summed E-state index contributed by atoms with van der Waals surface area (Å²) in [4.78, 5) is 0. The van der Waals surface area contributed by atoms with Crippen molar-refractivity contribution in [2.75, 3.05) is 31.9 Å². The van der Waals surface area contributed by atoms with E-state index in [2.05, 4.69) is 20.8 Å². The van der Waals surface area contributed by atoms with Crippen LogP contribution in [0.4, 0.5) is 0 Å². The van der Waals surface area contributed by atoms with Crippen LogP contribution < -0.4 is 5.73 Å². The summed E-state index contributed by atoms with van der Waals surface area (Å²) in [6.07, 6.45) is 0. The van der Waals surface area contributed by atoms with Crippen molar-refractivity contribution in [3.8, 4) is 0 Å². The van der Waals surface area contributed by atoms with Gasteiger partial charge in [-0.05, 0) is 20.8 Å². The molecule has 0 fully saturated rings. The van der Waals surface area contributed by atoms with Gasteiger partial charge in [0.2, 0.25) is 0 Å². The zero-order chi connectivity index (χ0) is 10.3. The molecule has 0 aliphatic heterocycles. The van der Waals surface area contributed by atoms with E-state index in [1.54, 1.807) is 0 Å². The molecule has 4 heteroatoms. The molecule has 78 valence electrons. The second-order valence-corrected chi connectivity index (χ2v) is 4.36. The largest absolute Gasteiger partial charge is 0.379 e. The zero-order valence-electron chi connectivity index (χ0n) is 8.97. The first-order valence-corrected chi connectivity index (χ1v) is 5.90. The minimum atomic E-state index is 0.237. The van der Waals surface area contributed by atoms with E-state index in [9.17, 15) is 0 Å². The van der Waals surface area contributed by atoms with Crippen LogP contribution in [0.1, 0.15) is 20.8 Å². The lowest BCUT2D eigenvalue weighted by Crippen LogP contribution is -2.49. The van der Waals surface area contributed by atoms with Crippen molar-refractivity contribution in [3.63, 3.8) is 0 Å². The number of thioether (sulfide) groups is 1. The van der Waals surface area contributed by atoms with Crippen molar-refractivity contribution in [3.05, 3.63) is 0 Å². The first kappa shape index (κ1) is 12.8. The molecule has 0 unspecified atom stereocenters. The van der Waals surface area contributed by atoms with Crippen molar-refractivity contribution in [1.29, 1.82) is 5.41 Å². The average molecular weight is 204 g/mol. The molecule has 0 saturated carbocycles. The first-order chi connectivity index (χ1) is 6.10. The van der Waals surface area contributed by atoms with Crippen LogP contribution in [0.15, 0.2) is 0 Å². The molecule has 0 atom stereocenters. The van der Waals surface area contributed by atoms with Gasteiger partial charge in [0.25, 0.3) is 0 Å². The zero-order valence-corrected chi connectivity index (χ0v) is 9.78. The number of hydrogen-bond donors (Lipinski definition) is 2. The van der Waals surface area contributed by atoms with Gasteiger partial charge in [-0.15, -0.1) is 0 Å². The van der Waals surface area contributed by atoms with Crippen LogP contribution in [-0.2, 0) is 0 Å². The molecule has 0 aliphatic rings. The second kappa shape index (κ2) is 6.27. The summed E-state index contributed by atoms with van der Waals surface area (Å²) in [6, 6.07) is 0. The number of nitrogens with zero attached hydrogens (tertiary/aromatic N) is 1. The Bertz CT molecular complexity index is 147. The van der Waals surface area contributed by atoms with E-state index >= 15 is 0 Å². The Balaban J connectivity index is 3.88. The molecule has 0 aromatic rings. The van der Waals surface area contributed by atoms with Gasteiger partial charge in [-0.25, -0.2) is 0 Å². The van der Waals surface area contributed by atoms with Crippen molar-refractivity contribution < 1.29 is 4.48 Å². The van der Waals surface area contributed by atoms with Crippen LogP contribution in [0.2, 0.25) is 0 Å². The van der Waals surface area contributed by atoms with E-state index in [-0.39, 0.29) is 5.17 Å². The lowest BCUT2D eigenvalue weighted by molar-refractivity contribution is -0.920. The Labute approximate surface area is 85.8 Å². The summed E-state index contributed by atoms with van der Waals surface area (Å²) in [5, 5.41) is 7.34. The molecule has 0 aromatic carbocycles. The van der Waals surface area contributed by atoms with Gasteiger partial charge in [0.15, 0.2) is 5.17 Å². The molecule has 3 N–H and O–H groups in total. The van der Waals surface area contributed by atoms with Crippen LogP contribution >= 0.6 is 11.8 Å². The molecule has 0 rings (SSSR count). The number of nitrogens with two attached hydrogens (primary N) is 1. The van der Waals surface area contributed by atoms with Crippen molar-refractivity contribution in [1.82, 2.24) is 0 Å². The van der Waals surface area contributed by atoms with Crippen molar-refractivity contribution >= 4 is 16.9 Å². The highest BCUT2D eigenvalue weighted by atomic mass is 32.2. The molecule has 0 aliphatic carbocycles. The normalized spacial score (nSPS) is 11.6. The van der Waals surface area contributed by atoms with Gasteiger partial charge in [0, 0.05) is 0 Å². The Hall–Kier alpha value is -0.220. The highest BCUT2D eigenvalue weighted by molar-refractivity contribution is 8.13. The SMILES string of the molecule is CC[N+](CC)(CC)CCSC(=N)N. The van der Waals surface area contributed by atoms with E-state index in [4.69, 9.17) is 11.1 Å². The van der Waals surface area contributed by atoms with Gasteiger partial charge >= 0.3 is 0 Å². The number of rotatable bonds is 6. The predicted molar refractivity (Wildman–Crippen MR) is 61.1 cm³/mol. The molecule has 0 radical (unpaired) electrons. The van der Waals surface area contributed by atoms with Crippen molar-refractivity contribution in [2.45, 2.75) is 20.8 Å². The minimum Gasteiger partial charge on any atom is -0.379 e. The summed E-state index contributed by atoms with van der Waals surface area (Å²) in [5.41, 5.74) is 5.29. The average Bonchev–Trinajstić information content (AvgIpc) is 2.13. The Morgan fingerprint density at radius 2 is 1.69 bits per heavy atom. The molecule has 0 saturated heterocycles. The summed E-state index contributed by atoms with van der Waals surface area (Å²) < 4.78 is 1.14. The highest BCUT2D eigenvalue weighted by Crippen LogP contribution is 2.08. The first-order valence-electron chi connectivity index (χ1n) is 4.92. The number of quaternary nitrogens is 1. The molecular formula is C9H22N3S+. The van der Waals surface area contributed by atoms with Crippen molar-refractivity contribution in [2.24, 2.45) is 5.73 Å². The van der Waals surface area contributed by atoms with E-state index in [1.165, 1.54) is 31.4 Å². The van der Waals surface area contributed by atoms with Crippen LogP contribution in [0.25, 0.3) is 0 Å². The minimum absolute atomic E-state index is 0.237.